The molecule has 0 saturated carbocycles. The van der Waals surface area contributed by atoms with Crippen molar-refractivity contribution in [2.45, 2.75) is 33.0 Å². The molecule has 6 nitrogen and oxygen atoms in total. The third kappa shape index (κ3) is 7.38. The molecular weight excluding hydrogens is 450 g/mol. The maximum absolute atomic E-state index is 12.4. The highest BCUT2D eigenvalue weighted by Gasteiger charge is 2.34. The lowest BCUT2D eigenvalue weighted by Gasteiger charge is -2.18. The monoisotopic (exact) mass is 475 g/mol. The standard InChI is InChI=1S/C15H24F3N5O.HI/c1-10-11(2)24-13(22-10)7-21-14(19-3)20-6-12-4-5-23(8-12)9-15(16,17)18;/h12H,4-9H2,1-3H3,(H2,19,20,21);1H. The maximum atomic E-state index is 12.4. The molecule has 1 saturated heterocycles. The SMILES string of the molecule is CN=C(NCc1nc(C)c(C)o1)NCC1CCN(CC(F)(F)F)C1.I. The van der Waals surface area contributed by atoms with Gasteiger partial charge in [0.25, 0.3) is 0 Å². The summed E-state index contributed by atoms with van der Waals surface area (Å²) in [4.78, 5) is 9.82. The number of hydrogen-bond acceptors (Lipinski definition) is 4. The number of aromatic nitrogens is 1. The Labute approximate surface area is 162 Å². The number of halogens is 4. The summed E-state index contributed by atoms with van der Waals surface area (Å²) < 4.78 is 42.7. The zero-order chi connectivity index (χ0) is 17.7. The zero-order valence-corrected chi connectivity index (χ0v) is 16.9. The number of aryl methyl sites for hydroxylation is 2. The van der Waals surface area contributed by atoms with E-state index in [0.717, 1.165) is 17.9 Å². The van der Waals surface area contributed by atoms with Crippen LogP contribution in [-0.2, 0) is 6.54 Å². The lowest BCUT2D eigenvalue weighted by atomic mass is 10.1. The Morgan fingerprint density at radius 2 is 2.08 bits per heavy atom. The van der Waals surface area contributed by atoms with E-state index in [0.29, 0.717) is 38.0 Å². The van der Waals surface area contributed by atoms with Crippen LogP contribution in [-0.4, -0.2) is 55.2 Å². The Balaban J connectivity index is 0.00000312. The van der Waals surface area contributed by atoms with Crippen molar-refractivity contribution in [3.05, 3.63) is 17.3 Å². The summed E-state index contributed by atoms with van der Waals surface area (Å²) in [5.41, 5.74) is 0.852. The van der Waals surface area contributed by atoms with E-state index in [4.69, 9.17) is 4.42 Å². The van der Waals surface area contributed by atoms with Gasteiger partial charge in [-0.15, -0.1) is 24.0 Å². The molecule has 2 heterocycles. The lowest BCUT2D eigenvalue weighted by Crippen LogP contribution is -2.40. The van der Waals surface area contributed by atoms with E-state index in [2.05, 4.69) is 20.6 Å². The zero-order valence-electron chi connectivity index (χ0n) is 14.6. The lowest BCUT2D eigenvalue weighted by molar-refractivity contribution is -0.143. The van der Waals surface area contributed by atoms with Crippen LogP contribution in [0, 0.1) is 19.8 Å². The molecule has 1 aliphatic heterocycles. The molecule has 1 aromatic rings. The van der Waals surface area contributed by atoms with Crippen molar-refractivity contribution in [3.63, 3.8) is 0 Å². The number of guanidine groups is 1. The molecule has 0 amide bonds. The van der Waals surface area contributed by atoms with Crippen LogP contribution in [0.5, 0.6) is 0 Å². The van der Waals surface area contributed by atoms with Gasteiger partial charge in [-0.25, -0.2) is 4.98 Å². The highest BCUT2D eigenvalue weighted by Crippen LogP contribution is 2.22. The van der Waals surface area contributed by atoms with Crippen LogP contribution in [0.3, 0.4) is 0 Å². The quantitative estimate of drug-likeness (QED) is 0.389. The molecule has 144 valence electrons. The van der Waals surface area contributed by atoms with Gasteiger partial charge in [0, 0.05) is 20.1 Å². The van der Waals surface area contributed by atoms with Crippen molar-refractivity contribution < 1.29 is 17.6 Å². The fraction of sp³-hybridized carbons (Fsp3) is 0.733. The molecule has 0 spiro atoms. The van der Waals surface area contributed by atoms with Crippen LogP contribution in [0.2, 0.25) is 0 Å². The highest BCUT2D eigenvalue weighted by molar-refractivity contribution is 14.0. The minimum absolute atomic E-state index is 0. The van der Waals surface area contributed by atoms with Crippen LogP contribution in [0.15, 0.2) is 9.41 Å². The molecule has 0 aromatic carbocycles. The van der Waals surface area contributed by atoms with E-state index in [9.17, 15) is 13.2 Å². The molecule has 1 fully saturated rings. The Kier molecular flexibility index (Phi) is 8.45. The summed E-state index contributed by atoms with van der Waals surface area (Å²) in [5.74, 6) is 2.12. The molecule has 1 atom stereocenters. The van der Waals surface area contributed by atoms with Crippen LogP contribution in [0.25, 0.3) is 0 Å². The van der Waals surface area contributed by atoms with Crippen LogP contribution < -0.4 is 10.6 Å². The summed E-state index contributed by atoms with van der Waals surface area (Å²) in [5, 5.41) is 6.24. The number of rotatable bonds is 5. The normalized spacial score (nSPS) is 19.0. The van der Waals surface area contributed by atoms with Crippen molar-refractivity contribution in [1.82, 2.24) is 20.5 Å². The Morgan fingerprint density at radius 1 is 1.36 bits per heavy atom. The second kappa shape index (κ2) is 9.60. The van der Waals surface area contributed by atoms with E-state index in [1.165, 1.54) is 4.90 Å². The summed E-state index contributed by atoms with van der Waals surface area (Å²) in [6.07, 6.45) is -3.38. The first kappa shape index (κ1) is 22.0. The molecule has 1 aliphatic rings. The average molecular weight is 475 g/mol. The third-order valence-corrected chi connectivity index (χ3v) is 4.03. The van der Waals surface area contributed by atoms with Crippen molar-refractivity contribution in [2.24, 2.45) is 10.9 Å². The van der Waals surface area contributed by atoms with Gasteiger partial charge >= 0.3 is 6.18 Å². The van der Waals surface area contributed by atoms with Crippen LogP contribution in [0.1, 0.15) is 23.8 Å². The number of alkyl halides is 3. The summed E-state index contributed by atoms with van der Waals surface area (Å²) in [6, 6.07) is 0. The molecule has 10 heteroatoms. The first-order valence-corrected chi connectivity index (χ1v) is 7.93. The van der Waals surface area contributed by atoms with Crippen molar-refractivity contribution >= 4 is 29.9 Å². The highest BCUT2D eigenvalue weighted by atomic mass is 127. The molecule has 1 unspecified atom stereocenters. The van der Waals surface area contributed by atoms with E-state index < -0.39 is 12.7 Å². The van der Waals surface area contributed by atoms with Gasteiger partial charge in [0.2, 0.25) is 5.89 Å². The van der Waals surface area contributed by atoms with Gasteiger partial charge in [-0.2, -0.15) is 13.2 Å². The van der Waals surface area contributed by atoms with Gasteiger partial charge in [0.05, 0.1) is 18.8 Å². The molecule has 0 aliphatic carbocycles. The second-order valence-electron chi connectivity index (χ2n) is 6.06. The molecule has 2 rings (SSSR count). The summed E-state index contributed by atoms with van der Waals surface area (Å²) in [6.45, 7) is 4.80. The van der Waals surface area contributed by atoms with E-state index in [1.54, 1.807) is 7.05 Å². The number of aliphatic imine (C=N–C) groups is 1. The molecular formula is C15H25F3IN5O. The van der Waals surface area contributed by atoms with E-state index in [-0.39, 0.29) is 29.9 Å². The Morgan fingerprint density at radius 3 is 2.64 bits per heavy atom. The second-order valence-corrected chi connectivity index (χ2v) is 6.06. The number of hydrogen-bond donors (Lipinski definition) is 2. The predicted octanol–water partition coefficient (Wildman–Crippen LogP) is 2.46. The Bertz CT molecular complexity index is 557. The summed E-state index contributed by atoms with van der Waals surface area (Å²) >= 11 is 0. The first-order chi connectivity index (χ1) is 11.3. The van der Waals surface area contributed by atoms with Gasteiger partial charge in [0.15, 0.2) is 5.96 Å². The fourth-order valence-corrected chi connectivity index (χ4v) is 2.71. The van der Waals surface area contributed by atoms with E-state index >= 15 is 0 Å². The Hall–Kier alpha value is -1.04. The largest absolute Gasteiger partial charge is 0.444 e. The molecule has 25 heavy (non-hydrogen) atoms. The van der Waals surface area contributed by atoms with Gasteiger partial charge in [-0.3, -0.25) is 9.89 Å². The van der Waals surface area contributed by atoms with Gasteiger partial charge in [0.1, 0.15) is 5.76 Å². The smallest absolute Gasteiger partial charge is 0.401 e. The summed E-state index contributed by atoms with van der Waals surface area (Å²) in [7, 11) is 1.64. The molecule has 0 radical (unpaired) electrons. The topological polar surface area (TPSA) is 65.7 Å². The van der Waals surface area contributed by atoms with Gasteiger partial charge in [-0.1, -0.05) is 0 Å². The fourth-order valence-electron chi connectivity index (χ4n) is 2.71. The third-order valence-electron chi connectivity index (χ3n) is 4.03. The number of oxazole rings is 1. The van der Waals surface area contributed by atoms with Crippen molar-refractivity contribution in [2.75, 3.05) is 33.2 Å². The molecule has 1 aromatic heterocycles. The maximum Gasteiger partial charge on any atom is 0.401 e. The number of nitrogens with one attached hydrogen (secondary N) is 2. The van der Waals surface area contributed by atoms with E-state index in [1.807, 2.05) is 13.8 Å². The van der Waals surface area contributed by atoms with Crippen LogP contribution in [0.4, 0.5) is 13.2 Å². The number of nitrogens with zero attached hydrogens (tertiary/aromatic N) is 3. The first-order valence-electron chi connectivity index (χ1n) is 7.93. The van der Waals surface area contributed by atoms with Gasteiger partial charge in [-0.05, 0) is 32.7 Å². The van der Waals surface area contributed by atoms with Crippen LogP contribution >= 0.6 is 24.0 Å². The van der Waals surface area contributed by atoms with Gasteiger partial charge < -0.3 is 15.1 Å². The number of likely N-dealkylation sites (tertiary alicyclic amines) is 1. The molecule has 0 bridgehead atoms. The van der Waals surface area contributed by atoms with Crippen molar-refractivity contribution in [3.8, 4) is 0 Å². The minimum Gasteiger partial charge on any atom is -0.444 e. The predicted molar refractivity (Wildman–Crippen MR) is 100 cm³/mol. The minimum atomic E-state index is -4.13. The average Bonchev–Trinajstić information content (AvgIpc) is 3.04. The van der Waals surface area contributed by atoms with Crippen molar-refractivity contribution in [1.29, 1.82) is 0 Å². The molecule has 2 N–H and O–H groups in total.